The minimum atomic E-state index is -4.74. The number of hydrogen-bond acceptors (Lipinski definition) is 7. The van der Waals surface area contributed by atoms with Crippen molar-refractivity contribution in [3.05, 3.63) is 0 Å². The summed E-state index contributed by atoms with van der Waals surface area (Å²) in [6.45, 7) is -0.0125. The van der Waals surface area contributed by atoms with Gasteiger partial charge in [-0.25, -0.2) is 0 Å². The standard InChI is InChI=1S/C10H28N2O12P4.K/c13-25(14,15)7-11(8-26(16,17)18)5-3-1-2-4-6-12(9-27(19,20)21)10-28(22,23)24;/h1-10H2,(H2,13,14,15)(H2,16,17,18)(H2,19,20,21)(H2,22,23,24);/q;+1/p-1. The summed E-state index contributed by atoms with van der Waals surface area (Å²) < 4.78 is 44.0. The predicted molar refractivity (Wildman–Crippen MR) is 97.3 cm³/mol. The molecule has 0 aromatic heterocycles. The number of hydrogen-bond donors (Lipinski definition) is 7. The second kappa shape index (κ2) is 14.4. The van der Waals surface area contributed by atoms with E-state index in [1.54, 1.807) is 0 Å². The first-order valence-electron chi connectivity index (χ1n) is 7.98. The summed E-state index contributed by atoms with van der Waals surface area (Å²) in [7, 11) is -18.3. The van der Waals surface area contributed by atoms with E-state index in [-0.39, 0.29) is 64.5 Å². The monoisotopic (exact) mass is 530 g/mol. The Bertz CT molecular complexity index is 553. The van der Waals surface area contributed by atoms with E-state index in [1.807, 2.05) is 0 Å². The van der Waals surface area contributed by atoms with Crippen LogP contribution >= 0.6 is 30.4 Å². The van der Waals surface area contributed by atoms with Gasteiger partial charge in [-0.2, -0.15) is 0 Å². The van der Waals surface area contributed by atoms with E-state index in [4.69, 9.17) is 34.3 Å². The van der Waals surface area contributed by atoms with Gasteiger partial charge >= 0.3 is 74.2 Å². The maximum Gasteiger partial charge on any atom is 1.00 e. The Labute approximate surface area is 211 Å². The zero-order valence-electron chi connectivity index (χ0n) is 15.9. The van der Waals surface area contributed by atoms with Crippen molar-refractivity contribution >= 4 is 30.4 Å². The summed E-state index contributed by atoms with van der Waals surface area (Å²) in [5, 5.41) is 0. The molecule has 0 aliphatic heterocycles. The molecule has 14 nitrogen and oxygen atoms in total. The average molecular weight is 530 g/mol. The molecule has 0 saturated heterocycles. The van der Waals surface area contributed by atoms with Crippen molar-refractivity contribution < 1.29 is 109 Å². The van der Waals surface area contributed by atoms with Gasteiger partial charge in [0.15, 0.2) is 0 Å². The minimum absolute atomic E-state index is 0. The van der Waals surface area contributed by atoms with Crippen LogP contribution in [0.2, 0.25) is 0 Å². The zero-order chi connectivity index (χ0) is 22.2. The van der Waals surface area contributed by atoms with E-state index < -0.39 is 55.5 Å². The van der Waals surface area contributed by atoms with Gasteiger partial charge in [0.1, 0.15) is 26.5 Å². The third kappa shape index (κ3) is 24.6. The molecule has 0 heterocycles. The van der Waals surface area contributed by atoms with Crippen LogP contribution in [0, 0.1) is 0 Å². The van der Waals surface area contributed by atoms with Crippen LogP contribution in [0.5, 0.6) is 0 Å². The molecule has 19 heteroatoms. The Morgan fingerprint density at radius 3 is 1.07 bits per heavy atom. The van der Waals surface area contributed by atoms with E-state index in [9.17, 15) is 23.2 Å². The van der Waals surface area contributed by atoms with E-state index in [0.29, 0.717) is 25.7 Å². The molecular formula is C10H27KN2O12P4. The molecule has 0 saturated carbocycles. The number of rotatable bonds is 15. The van der Waals surface area contributed by atoms with Gasteiger partial charge < -0.3 is 43.7 Å². The van der Waals surface area contributed by atoms with Gasteiger partial charge in [-0.1, -0.05) is 12.8 Å². The Hall–Kier alpha value is 2.16. The van der Waals surface area contributed by atoms with Crippen molar-refractivity contribution in [2.24, 2.45) is 0 Å². The molecule has 7 N–H and O–H groups in total. The van der Waals surface area contributed by atoms with Crippen molar-refractivity contribution in [1.29, 1.82) is 0 Å². The zero-order valence-corrected chi connectivity index (χ0v) is 22.6. The van der Waals surface area contributed by atoms with Crippen LogP contribution in [0.1, 0.15) is 25.7 Å². The molecular weight excluding hydrogens is 503 g/mol. The van der Waals surface area contributed by atoms with Crippen molar-refractivity contribution in [2.75, 3.05) is 38.2 Å². The molecule has 0 aliphatic rings. The molecule has 0 bridgehead atoms. The third-order valence-corrected chi connectivity index (χ3v) is 6.29. The van der Waals surface area contributed by atoms with E-state index >= 15 is 0 Å². The van der Waals surface area contributed by atoms with Gasteiger partial charge in [-0.15, -0.1) is 0 Å². The molecule has 0 aromatic rings. The fourth-order valence-electron chi connectivity index (χ4n) is 2.43. The second-order valence-electron chi connectivity index (χ2n) is 6.40. The summed E-state index contributed by atoms with van der Waals surface area (Å²) in [6.07, 6.45) is -1.79. The van der Waals surface area contributed by atoms with Crippen LogP contribution in [0.15, 0.2) is 0 Å². The van der Waals surface area contributed by atoms with Crippen molar-refractivity contribution in [1.82, 2.24) is 9.80 Å². The van der Waals surface area contributed by atoms with Gasteiger partial charge in [0, 0.05) is 0 Å². The van der Waals surface area contributed by atoms with Gasteiger partial charge in [0.25, 0.3) is 0 Å². The van der Waals surface area contributed by atoms with E-state index in [1.165, 1.54) is 0 Å². The first-order valence-corrected chi connectivity index (χ1v) is 15.1. The Morgan fingerprint density at radius 1 is 0.552 bits per heavy atom. The Balaban J connectivity index is 0. The maximum atomic E-state index is 11.0. The predicted octanol–water partition coefficient (Wildman–Crippen LogP) is -3.94. The molecule has 170 valence electrons. The molecule has 0 rings (SSSR count). The van der Waals surface area contributed by atoms with E-state index in [2.05, 4.69) is 0 Å². The van der Waals surface area contributed by atoms with Crippen LogP contribution in [0.25, 0.3) is 0 Å². The minimum Gasteiger partial charge on any atom is -0.778 e. The topological polar surface area (TPSA) is 239 Å². The maximum absolute atomic E-state index is 11.0. The molecule has 29 heavy (non-hydrogen) atoms. The fraction of sp³-hybridized carbons (Fsp3) is 1.00. The quantitative estimate of drug-likeness (QED) is 0.0608. The molecule has 0 aliphatic carbocycles. The summed E-state index contributed by atoms with van der Waals surface area (Å²) in [4.78, 5) is 75.3. The molecule has 0 radical (unpaired) electrons. The normalized spacial score (nSPS) is 15.4. The summed E-state index contributed by atoms with van der Waals surface area (Å²) in [6, 6.07) is 0. The van der Waals surface area contributed by atoms with Crippen LogP contribution < -0.4 is 56.3 Å². The van der Waals surface area contributed by atoms with Gasteiger partial charge in [-0.3, -0.25) is 23.5 Å². The molecule has 0 amide bonds. The molecule has 1 atom stereocenters. The van der Waals surface area contributed by atoms with Crippen LogP contribution in [0.3, 0.4) is 0 Å². The first kappa shape index (κ1) is 33.3. The van der Waals surface area contributed by atoms with Crippen LogP contribution in [-0.4, -0.2) is 82.3 Å². The number of nitrogens with zero attached hydrogens (tertiary/aromatic N) is 2. The van der Waals surface area contributed by atoms with Crippen LogP contribution in [0.4, 0.5) is 0 Å². The molecule has 0 fully saturated rings. The number of unbranched alkanes of at least 4 members (excludes halogenated alkanes) is 3. The van der Waals surface area contributed by atoms with Crippen molar-refractivity contribution in [3.63, 3.8) is 0 Å². The smallest absolute Gasteiger partial charge is 0.778 e. The average Bonchev–Trinajstić information content (AvgIpc) is 2.34. The van der Waals surface area contributed by atoms with E-state index in [0.717, 1.165) is 9.80 Å². The van der Waals surface area contributed by atoms with Crippen LogP contribution in [-0.2, 0) is 18.3 Å². The third-order valence-electron chi connectivity index (χ3n) is 3.23. The molecule has 0 aromatic carbocycles. The van der Waals surface area contributed by atoms with Gasteiger partial charge in [0.2, 0.25) is 0 Å². The Morgan fingerprint density at radius 2 is 0.828 bits per heavy atom. The van der Waals surface area contributed by atoms with Gasteiger partial charge in [-0.05, 0) is 25.9 Å². The molecule has 1 unspecified atom stereocenters. The SMILES string of the molecule is O=P([O-])(O)CN(CCCCCCN(CP(=O)(O)O)CP(=O)(O)O)CP(=O)(O)O.[K+]. The van der Waals surface area contributed by atoms with Crippen molar-refractivity contribution in [2.45, 2.75) is 25.7 Å². The Kier molecular flexibility index (Phi) is 16.6. The summed E-state index contributed by atoms with van der Waals surface area (Å²) >= 11 is 0. The molecule has 0 spiro atoms. The second-order valence-corrected chi connectivity index (χ2v) is 12.8. The fourth-order valence-corrected chi connectivity index (χ4v) is 5.78. The van der Waals surface area contributed by atoms with Gasteiger partial charge in [0.05, 0.1) is 6.29 Å². The summed E-state index contributed by atoms with van der Waals surface area (Å²) in [5.74, 6) is 0. The first-order chi connectivity index (χ1) is 12.4. The largest absolute Gasteiger partial charge is 1.00 e. The summed E-state index contributed by atoms with van der Waals surface area (Å²) in [5.41, 5.74) is 0. The van der Waals surface area contributed by atoms with Crippen molar-refractivity contribution in [3.8, 4) is 0 Å².